The van der Waals surface area contributed by atoms with Crippen LogP contribution in [0.25, 0.3) is 0 Å². The Morgan fingerprint density at radius 1 is 1.10 bits per heavy atom. The highest BCUT2D eigenvalue weighted by molar-refractivity contribution is 5.74. The SMILES string of the molecule is O=[N+]([O-])c1c(NCCC2=CCCCC2)ncnc1Nc1ccc2c(c1)OCCO2. The van der Waals surface area contributed by atoms with Gasteiger partial charge in [0.05, 0.1) is 4.92 Å². The van der Waals surface area contributed by atoms with E-state index in [9.17, 15) is 10.1 Å². The van der Waals surface area contributed by atoms with Crippen molar-refractivity contribution in [1.29, 1.82) is 0 Å². The summed E-state index contributed by atoms with van der Waals surface area (Å²) in [5.41, 5.74) is 1.84. The van der Waals surface area contributed by atoms with Crippen molar-refractivity contribution in [2.45, 2.75) is 32.1 Å². The number of anilines is 3. The van der Waals surface area contributed by atoms with E-state index in [1.165, 1.54) is 24.7 Å². The number of benzene rings is 1. The van der Waals surface area contributed by atoms with E-state index in [1.807, 2.05) is 0 Å². The molecular weight excluding hydrogens is 374 g/mol. The number of hydrogen-bond acceptors (Lipinski definition) is 8. The summed E-state index contributed by atoms with van der Waals surface area (Å²) >= 11 is 0. The number of rotatable bonds is 7. The van der Waals surface area contributed by atoms with Gasteiger partial charge in [0.25, 0.3) is 0 Å². The Kier molecular flexibility index (Phi) is 5.73. The van der Waals surface area contributed by atoms with Gasteiger partial charge in [0.1, 0.15) is 19.5 Å². The van der Waals surface area contributed by atoms with Gasteiger partial charge in [-0.2, -0.15) is 0 Å². The molecule has 0 saturated heterocycles. The Morgan fingerprint density at radius 2 is 1.93 bits per heavy atom. The highest BCUT2D eigenvalue weighted by Crippen LogP contribution is 2.36. The minimum absolute atomic E-state index is 0.126. The Hall–Kier alpha value is -3.36. The van der Waals surface area contributed by atoms with Gasteiger partial charge in [-0.15, -0.1) is 0 Å². The van der Waals surface area contributed by atoms with Crippen LogP contribution in [-0.4, -0.2) is 34.6 Å². The third kappa shape index (κ3) is 4.56. The van der Waals surface area contributed by atoms with Crippen LogP contribution in [0.2, 0.25) is 0 Å². The van der Waals surface area contributed by atoms with Crippen LogP contribution >= 0.6 is 0 Å². The molecule has 2 aliphatic rings. The van der Waals surface area contributed by atoms with Crippen LogP contribution in [0.4, 0.5) is 23.0 Å². The van der Waals surface area contributed by atoms with E-state index in [2.05, 4.69) is 26.7 Å². The molecule has 0 fully saturated rings. The van der Waals surface area contributed by atoms with E-state index >= 15 is 0 Å². The van der Waals surface area contributed by atoms with Gasteiger partial charge in [-0.05, 0) is 44.2 Å². The predicted octanol–water partition coefficient (Wildman–Crippen LogP) is 4.20. The molecule has 2 heterocycles. The average molecular weight is 397 g/mol. The lowest BCUT2D eigenvalue weighted by Crippen LogP contribution is -2.15. The first-order valence-electron chi connectivity index (χ1n) is 9.78. The molecular formula is C20H23N5O4. The van der Waals surface area contributed by atoms with Crippen LogP contribution in [-0.2, 0) is 0 Å². The normalized spacial score (nSPS) is 15.4. The Balaban J connectivity index is 1.50. The Morgan fingerprint density at radius 3 is 2.72 bits per heavy atom. The Bertz CT molecular complexity index is 931. The minimum atomic E-state index is -0.470. The van der Waals surface area contributed by atoms with Crippen molar-refractivity contribution in [3.8, 4) is 11.5 Å². The van der Waals surface area contributed by atoms with Crippen LogP contribution in [0.1, 0.15) is 32.1 Å². The van der Waals surface area contributed by atoms with Crippen LogP contribution < -0.4 is 20.1 Å². The number of nitro groups is 1. The third-order valence-electron chi connectivity index (χ3n) is 4.93. The topological polar surface area (TPSA) is 111 Å². The Labute approximate surface area is 168 Å². The molecule has 152 valence electrons. The second kappa shape index (κ2) is 8.76. The van der Waals surface area contributed by atoms with E-state index in [-0.39, 0.29) is 17.3 Å². The van der Waals surface area contributed by atoms with Crippen LogP contribution in [0.15, 0.2) is 36.2 Å². The predicted molar refractivity (Wildman–Crippen MR) is 109 cm³/mol. The molecule has 9 heteroatoms. The minimum Gasteiger partial charge on any atom is -0.486 e. The largest absolute Gasteiger partial charge is 0.486 e. The number of fused-ring (bicyclic) bond motifs is 1. The van der Waals surface area contributed by atoms with Crippen molar-refractivity contribution < 1.29 is 14.4 Å². The first kappa shape index (κ1) is 19.0. The number of allylic oxidation sites excluding steroid dienone is 1. The van der Waals surface area contributed by atoms with Crippen molar-refractivity contribution in [3.63, 3.8) is 0 Å². The monoisotopic (exact) mass is 397 g/mol. The summed E-state index contributed by atoms with van der Waals surface area (Å²) in [7, 11) is 0. The summed E-state index contributed by atoms with van der Waals surface area (Å²) in [6.45, 7) is 1.56. The smallest absolute Gasteiger partial charge is 0.353 e. The fourth-order valence-electron chi connectivity index (χ4n) is 3.50. The molecule has 4 rings (SSSR count). The molecule has 9 nitrogen and oxygen atoms in total. The molecule has 0 radical (unpaired) electrons. The quantitative estimate of drug-likeness (QED) is 0.406. The number of aromatic nitrogens is 2. The lowest BCUT2D eigenvalue weighted by Gasteiger charge is -2.19. The highest BCUT2D eigenvalue weighted by Gasteiger charge is 2.23. The van der Waals surface area contributed by atoms with Crippen LogP contribution in [0.5, 0.6) is 11.5 Å². The van der Waals surface area contributed by atoms with Gasteiger partial charge in [0, 0.05) is 18.3 Å². The lowest BCUT2D eigenvalue weighted by atomic mass is 9.97. The van der Waals surface area contributed by atoms with Gasteiger partial charge in [-0.3, -0.25) is 10.1 Å². The maximum Gasteiger partial charge on any atom is 0.353 e. The van der Waals surface area contributed by atoms with E-state index in [0.29, 0.717) is 36.9 Å². The summed E-state index contributed by atoms with van der Waals surface area (Å²) < 4.78 is 11.1. The van der Waals surface area contributed by atoms with E-state index in [4.69, 9.17) is 9.47 Å². The van der Waals surface area contributed by atoms with Crippen molar-refractivity contribution in [2.75, 3.05) is 30.4 Å². The number of hydrogen-bond donors (Lipinski definition) is 2. The summed E-state index contributed by atoms with van der Waals surface area (Å²) in [5, 5.41) is 17.8. The van der Waals surface area contributed by atoms with Gasteiger partial charge >= 0.3 is 5.69 Å². The number of nitrogens with one attached hydrogen (secondary N) is 2. The molecule has 0 saturated carbocycles. The molecule has 0 amide bonds. The molecule has 29 heavy (non-hydrogen) atoms. The second-order valence-corrected chi connectivity index (χ2v) is 6.94. The number of nitrogens with zero attached hydrogens (tertiary/aromatic N) is 3. The third-order valence-corrected chi connectivity index (χ3v) is 4.93. The molecule has 2 aromatic rings. The molecule has 0 atom stereocenters. The summed E-state index contributed by atoms with van der Waals surface area (Å²) in [6.07, 6.45) is 9.11. The van der Waals surface area contributed by atoms with Crippen molar-refractivity contribution in [2.24, 2.45) is 0 Å². The molecule has 0 spiro atoms. The van der Waals surface area contributed by atoms with Crippen molar-refractivity contribution in [1.82, 2.24) is 9.97 Å². The standard InChI is InChI=1S/C20H23N5O4/c26-25(27)18-19(21-9-8-14-4-2-1-3-5-14)22-13-23-20(18)24-15-6-7-16-17(12-15)29-11-10-28-16/h4,6-7,12-13H,1-3,5,8-11H2,(H2,21,22,23,24). The fraction of sp³-hybridized carbons (Fsp3) is 0.400. The van der Waals surface area contributed by atoms with Crippen LogP contribution in [0, 0.1) is 10.1 Å². The zero-order valence-electron chi connectivity index (χ0n) is 16.0. The molecule has 1 aliphatic heterocycles. The van der Waals surface area contributed by atoms with E-state index in [1.54, 1.807) is 18.2 Å². The van der Waals surface area contributed by atoms with Gasteiger partial charge in [-0.1, -0.05) is 11.6 Å². The molecule has 2 N–H and O–H groups in total. The van der Waals surface area contributed by atoms with Crippen molar-refractivity contribution in [3.05, 3.63) is 46.3 Å². The van der Waals surface area contributed by atoms with Gasteiger partial charge in [-0.25, -0.2) is 9.97 Å². The molecule has 1 aromatic heterocycles. The number of ether oxygens (including phenoxy) is 2. The molecule has 1 aromatic carbocycles. The van der Waals surface area contributed by atoms with Crippen molar-refractivity contribution >= 4 is 23.0 Å². The highest BCUT2D eigenvalue weighted by atomic mass is 16.6. The summed E-state index contributed by atoms with van der Waals surface area (Å²) in [6, 6.07) is 5.27. The molecule has 0 unspecified atom stereocenters. The maximum atomic E-state index is 11.7. The average Bonchev–Trinajstić information content (AvgIpc) is 2.74. The molecule has 0 bridgehead atoms. The first-order valence-corrected chi connectivity index (χ1v) is 9.78. The summed E-state index contributed by atoms with van der Waals surface area (Å²) in [5.74, 6) is 1.58. The maximum absolute atomic E-state index is 11.7. The lowest BCUT2D eigenvalue weighted by molar-refractivity contribution is -0.383. The van der Waals surface area contributed by atoms with E-state index in [0.717, 1.165) is 19.3 Å². The fourth-order valence-corrected chi connectivity index (χ4v) is 3.50. The molecule has 1 aliphatic carbocycles. The second-order valence-electron chi connectivity index (χ2n) is 6.94. The van der Waals surface area contributed by atoms with Crippen LogP contribution in [0.3, 0.4) is 0 Å². The zero-order valence-corrected chi connectivity index (χ0v) is 16.0. The van der Waals surface area contributed by atoms with Gasteiger partial charge in [0.15, 0.2) is 11.5 Å². The van der Waals surface area contributed by atoms with E-state index < -0.39 is 4.92 Å². The summed E-state index contributed by atoms with van der Waals surface area (Å²) in [4.78, 5) is 19.4. The van der Waals surface area contributed by atoms with Gasteiger partial charge in [0.2, 0.25) is 11.6 Å². The van der Waals surface area contributed by atoms with Gasteiger partial charge < -0.3 is 20.1 Å². The first-order chi connectivity index (χ1) is 14.2. The zero-order chi connectivity index (χ0) is 20.1.